The molecular weight excluding hydrogens is 735 g/mol. The minimum atomic E-state index is -1.29. The van der Waals surface area contributed by atoms with E-state index in [0.717, 1.165) is 29.5 Å². The Balaban J connectivity index is 0.958. The van der Waals surface area contributed by atoms with Crippen molar-refractivity contribution in [3.63, 3.8) is 0 Å². The van der Waals surface area contributed by atoms with Gasteiger partial charge in [-0.1, -0.05) is 48.0 Å². The van der Waals surface area contributed by atoms with Crippen LogP contribution in [0.4, 0.5) is 4.39 Å². The second kappa shape index (κ2) is 17.1. The Bertz CT molecular complexity index is 2270. The number of halogens is 2. The van der Waals surface area contributed by atoms with Crippen molar-refractivity contribution in [1.82, 2.24) is 29.7 Å². The van der Waals surface area contributed by atoms with Gasteiger partial charge in [0.25, 0.3) is 11.5 Å². The molecule has 56 heavy (non-hydrogen) atoms. The Morgan fingerprint density at radius 2 is 1.84 bits per heavy atom. The molecule has 2 aromatic heterocycles. The van der Waals surface area contributed by atoms with E-state index < -0.39 is 17.0 Å². The number of nitrogens with zero attached hydrogens (tertiary/aromatic N) is 5. The lowest BCUT2D eigenvalue weighted by Gasteiger charge is -2.39. The first-order chi connectivity index (χ1) is 27.0. The quantitative estimate of drug-likeness (QED) is 0.124. The molecule has 0 radical (unpaired) electrons. The van der Waals surface area contributed by atoms with Gasteiger partial charge in [0.15, 0.2) is 0 Å². The Kier molecular flexibility index (Phi) is 12.0. The highest BCUT2D eigenvalue weighted by molar-refractivity contribution is 6.35. The molecule has 3 aromatic carbocycles. The summed E-state index contributed by atoms with van der Waals surface area (Å²) in [4.78, 5) is 53.4. The third kappa shape index (κ3) is 9.37. The fraction of sp³-hybridized carbons (Fsp3) is 0.419. The van der Waals surface area contributed by atoms with Gasteiger partial charge in [-0.25, -0.2) is 9.37 Å². The molecule has 7 rings (SSSR count). The molecule has 1 atom stereocenters. The maximum Gasteiger partial charge on any atom is 0.264 e. The fourth-order valence-electron chi connectivity index (χ4n) is 7.43. The van der Waals surface area contributed by atoms with Crippen molar-refractivity contribution in [2.24, 2.45) is 5.92 Å². The molecule has 0 spiro atoms. The molecule has 3 heterocycles. The molecule has 2 N–H and O–H groups in total. The van der Waals surface area contributed by atoms with Crippen LogP contribution in [0.25, 0.3) is 21.8 Å². The first-order valence-electron chi connectivity index (χ1n) is 19.4. The van der Waals surface area contributed by atoms with Crippen molar-refractivity contribution >= 4 is 45.2 Å². The van der Waals surface area contributed by atoms with Gasteiger partial charge in [-0.2, -0.15) is 0 Å². The summed E-state index contributed by atoms with van der Waals surface area (Å²) in [6.45, 7) is 1.93. The average molecular weight is 783 g/mol. The average Bonchev–Trinajstić information content (AvgIpc) is 4.03. The number of ether oxygens (including phenoxy) is 1. The Hall–Kier alpha value is -4.91. The maximum atomic E-state index is 15.2. The van der Waals surface area contributed by atoms with Crippen molar-refractivity contribution in [3.05, 3.63) is 111 Å². The van der Waals surface area contributed by atoms with Crippen LogP contribution >= 0.6 is 11.6 Å². The van der Waals surface area contributed by atoms with E-state index >= 15 is 4.39 Å². The molecule has 2 fully saturated rings. The zero-order valence-corrected chi connectivity index (χ0v) is 32.6. The second-order valence-electron chi connectivity index (χ2n) is 15.5. The van der Waals surface area contributed by atoms with Crippen LogP contribution in [0.3, 0.4) is 0 Å². The number of carbonyl (C=O) groups is 2. The molecular formula is C43H48ClFN6O5. The van der Waals surface area contributed by atoms with Gasteiger partial charge in [-0.3, -0.25) is 23.9 Å². The third-order valence-electron chi connectivity index (χ3n) is 10.9. The molecule has 2 amide bonds. The summed E-state index contributed by atoms with van der Waals surface area (Å²) in [6.07, 6.45) is 5.71. The number of carbonyl (C=O) groups excluding carboxylic acids is 2. The smallest absolute Gasteiger partial charge is 0.264 e. The van der Waals surface area contributed by atoms with Crippen molar-refractivity contribution in [3.8, 4) is 5.75 Å². The van der Waals surface area contributed by atoms with Crippen molar-refractivity contribution in [2.75, 3.05) is 46.9 Å². The third-order valence-corrected chi connectivity index (χ3v) is 11.2. The van der Waals surface area contributed by atoms with Crippen LogP contribution < -0.4 is 15.6 Å². The molecule has 2 aliphatic rings. The molecule has 0 bridgehead atoms. The monoisotopic (exact) mass is 782 g/mol. The summed E-state index contributed by atoms with van der Waals surface area (Å²) in [7, 11) is 3.82. The summed E-state index contributed by atoms with van der Waals surface area (Å²) in [5, 5.41) is 15.9. The lowest BCUT2D eigenvalue weighted by Crippen LogP contribution is -2.51. The minimum Gasteiger partial charge on any atom is -0.492 e. The van der Waals surface area contributed by atoms with E-state index in [4.69, 9.17) is 21.3 Å². The van der Waals surface area contributed by atoms with Crippen LogP contribution in [0.15, 0.2) is 77.9 Å². The van der Waals surface area contributed by atoms with E-state index in [-0.39, 0.29) is 48.0 Å². The van der Waals surface area contributed by atoms with Gasteiger partial charge in [0.1, 0.15) is 23.6 Å². The number of fused-ring (bicyclic) bond motifs is 2. The van der Waals surface area contributed by atoms with Crippen LogP contribution in [-0.4, -0.2) is 93.7 Å². The minimum absolute atomic E-state index is 0.0126. The summed E-state index contributed by atoms with van der Waals surface area (Å²) >= 11 is 6.52. The van der Waals surface area contributed by atoms with Crippen LogP contribution in [0.1, 0.15) is 66.1 Å². The standard InChI is InChI=1S/C43H48ClFN6O5/c1-49(2)19-20-56-32-23-35(45)39-38(24-32)47-27-51(42(39)54)26-43(55)14-17-50(18-15-43)41(53)31(21-28-7-4-3-5-8-28)9-6-16-46-40(52)30-12-13-33-34(44)25-36(29-10-11-29)48-37(33)22-30/h3-5,7-8,12-13,22-25,27,29,31,55H,6,9-11,14-21,26H2,1-2H3,(H,46,52)/t31-/m1/s1. The number of hydrogen-bond donors (Lipinski definition) is 2. The van der Waals surface area contributed by atoms with E-state index in [1.165, 1.54) is 17.0 Å². The number of aliphatic hydroxyl groups is 1. The van der Waals surface area contributed by atoms with Gasteiger partial charge in [-0.05, 0) is 82.8 Å². The number of rotatable bonds is 15. The highest BCUT2D eigenvalue weighted by atomic mass is 35.5. The number of amides is 2. The fourth-order valence-corrected chi connectivity index (χ4v) is 7.70. The number of likely N-dealkylation sites (tertiary alicyclic amines) is 1. The predicted octanol–water partition coefficient (Wildman–Crippen LogP) is 5.98. The normalized spacial score (nSPS) is 16.0. The van der Waals surface area contributed by atoms with Gasteiger partial charge in [-0.15, -0.1) is 0 Å². The Morgan fingerprint density at radius 3 is 2.57 bits per heavy atom. The van der Waals surface area contributed by atoms with Gasteiger partial charge in [0.05, 0.1) is 34.5 Å². The number of aromatic nitrogens is 3. The molecule has 1 aliphatic heterocycles. The van der Waals surface area contributed by atoms with Crippen LogP contribution in [-0.2, 0) is 17.8 Å². The van der Waals surface area contributed by atoms with E-state index in [9.17, 15) is 19.5 Å². The number of benzene rings is 3. The zero-order valence-electron chi connectivity index (χ0n) is 31.8. The number of piperidine rings is 1. The van der Waals surface area contributed by atoms with E-state index in [1.807, 2.05) is 61.5 Å². The highest BCUT2D eigenvalue weighted by Crippen LogP contribution is 2.41. The summed E-state index contributed by atoms with van der Waals surface area (Å²) in [5.41, 5.74) is 1.54. The van der Waals surface area contributed by atoms with Crippen LogP contribution in [0.5, 0.6) is 5.75 Å². The lowest BCUT2D eigenvalue weighted by atomic mass is 9.88. The Labute approximate surface area is 330 Å². The number of nitrogens with one attached hydrogen (secondary N) is 1. The maximum absolute atomic E-state index is 15.2. The molecule has 1 aliphatic carbocycles. The summed E-state index contributed by atoms with van der Waals surface area (Å²) in [6, 6.07) is 19.9. The lowest BCUT2D eigenvalue weighted by molar-refractivity contribution is -0.140. The largest absolute Gasteiger partial charge is 0.492 e. The van der Waals surface area contributed by atoms with Crippen LogP contribution in [0.2, 0.25) is 5.02 Å². The zero-order chi connectivity index (χ0) is 39.4. The van der Waals surface area contributed by atoms with Crippen LogP contribution in [0, 0.1) is 11.7 Å². The topological polar surface area (TPSA) is 130 Å². The number of likely N-dealkylation sites (N-methyl/N-ethyl adjacent to an activating group) is 1. The molecule has 5 aromatic rings. The van der Waals surface area contributed by atoms with E-state index in [0.29, 0.717) is 79.8 Å². The second-order valence-corrected chi connectivity index (χ2v) is 15.9. The molecule has 294 valence electrons. The molecule has 1 saturated carbocycles. The Morgan fingerprint density at radius 1 is 1.07 bits per heavy atom. The molecule has 11 nitrogen and oxygen atoms in total. The predicted molar refractivity (Wildman–Crippen MR) is 215 cm³/mol. The van der Waals surface area contributed by atoms with E-state index in [2.05, 4.69) is 10.3 Å². The number of hydrogen-bond acceptors (Lipinski definition) is 8. The summed E-state index contributed by atoms with van der Waals surface area (Å²) < 4.78 is 22.1. The molecule has 13 heteroatoms. The highest BCUT2D eigenvalue weighted by Gasteiger charge is 2.36. The van der Waals surface area contributed by atoms with Crippen molar-refractivity contribution < 1.29 is 23.8 Å². The van der Waals surface area contributed by atoms with E-state index in [1.54, 1.807) is 23.1 Å². The first-order valence-corrected chi connectivity index (χ1v) is 19.7. The summed E-state index contributed by atoms with van der Waals surface area (Å²) in [5.74, 6) is -0.553. The molecule has 1 saturated heterocycles. The first kappa shape index (κ1) is 39.3. The van der Waals surface area contributed by atoms with Gasteiger partial charge in [0.2, 0.25) is 5.91 Å². The molecule has 0 unspecified atom stereocenters. The van der Waals surface area contributed by atoms with Gasteiger partial charge >= 0.3 is 0 Å². The SMILES string of the molecule is CN(C)CCOc1cc(F)c2c(=O)n(CC3(O)CCN(C(=O)[C@H](CCCNC(=O)c4ccc5c(Cl)cc(C6CC6)nc5c4)Cc4ccccc4)CC3)cnc2c1. The van der Waals surface area contributed by atoms with Crippen molar-refractivity contribution in [2.45, 2.75) is 63.0 Å². The number of pyridine rings is 1. The van der Waals surface area contributed by atoms with Gasteiger partial charge < -0.3 is 25.0 Å². The van der Waals surface area contributed by atoms with Gasteiger partial charge in [0, 0.05) is 66.8 Å². The van der Waals surface area contributed by atoms with Crippen molar-refractivity contribution in [1.29, 1.82) is 0 Å².